The van der Waals surface area contributed by atoms with Gasteiger partial charge in [-0.15, -0.1) is 0 Å². The minimum atomic E-state index is 0.206. The van der Waals surface area contributed by atoms with Crippen LogP contribution in [0.5, 0.6) is 0 Å². The van der Waals surface area contributed by atoms with E-state index < -0.39 is 0 Å². The first-order valence-corrected chi connectivity index (χ1v) is 6.65. The molecule has 0 saturated carbocycles. The first kappa shape index (κ1) is 12.1. The Morgan fingerprint density at radius 3 is 3.06 bits per heavy atom. The second-order valence-corrected chi connectivity index (χ2v) is 5.38. The molecule has 1 aliphatic heterocycles. The van der Waals surface area contributed by atoms with Crippen molar-refractivity contribution < 1.29 is 4.74 Å². The zero-order valence-corrected chi connectivity index (χ0v) is 10.9. The van der Waals surface area contributed by atoms with Crippen molar-refractivity contribution >= 4 is 15.9 Å². The van der Waals surface area contributed by atoms with Gasteiger partial charge in [-0.1, -0.05) is 28.1 Å². The van der Waals surface area contributed by atoms with Crippen molar-refractivity contribution in [2.45, 2.75) is 37.8 Å². The van der Waals surface area contributed by atoms with Gasteiger partial charge in [0.15, 0.2) is 0 Å². The van der Waals surface area contributed by atoms with E-state index in [1.165, 1.54) is 18.4 Å². The van der Waals surface area contributed by atoms with Crippen LogP contribution in [0.3, 0.4) is 0 Å². The van der Waals surface area contributed by atoms with Gasteiger partial charge in [-0.3, -0.25) is 0 Å². The molecule has 3 heteroatoms. The third-order valence-electron chi connectivity index (χ3n) is 2.98. The minimum Gasteiger partial charge on any atom is -0.378 e. The molecule has 1 saturated heterocycles. The molecule has 1 aromatic carbocycles. The predicted octanol–water partition coefficient (Wildman–Crippen LogP) is 2.89. The van der Waals surface area contributed by atoms with Crippen LogP contribution in [0.25, 0.3) is 0 Å². The summed E-state index contributed by atoms with van der Waals surface area (Å²) in [5.41, 5.74) is 7.43. The molecule has 1 heterocycles. The minimum absolute atomic E-state index is 0.206. The normalized spacial score (nSPS) is 22.2. The van der Waals surface area contributed by atoms with Crippen LogP contribution in [-0.2, 0) is 11.2 Å². The molecule has 0 spiro atoms. The topological polar surface area (TPSA) is 35.2 Å². The molecular formula is C13H18BrNO. The van der Waals surface area contributed by atoms with Crippen LogP contribution in [0.15, 0.2) is 28.7 Å². The molecule has 0 aliphatic carbocycles. The number of benzene rings is 1. The molecule has 0 amide bonds. The fourth-order valence-electron chi connectivity index (χ4n) is 2.22. The SMILES string of the molecule is NC(Cc1cccc(Br)c1)CC1CCCO1. The van der Waals surface area contributed by atoms with E-state index in [4.69, 9.17) is 10.5 Å². The summed E-state index contributed by atoms with van der Waals surface area (Å²) in [6, 6.07) is 8.56. The Kier molecular flexibility index (Phi) is 4.38. The van der Waals surface area contributed by atoms with Gasteiger partial charge in [-0.25, -0.2) is 0 Å². The van der Waals surface area contributed by atoms with E-state index in [2.05, 4.69) is 34.1 Å². The van der Waals surface area contributed by atoms with Gasteiger partial charge in [-0.2, -0.15) is 0 Å². The van der Waals surface area contributed by atoms with E-state index in [9.17, 15) is 0 Å². The van der Waals surface area contributed by atoms with Gasteiger partial charge in [0, 0.05) is 17.1 Å². The molecule has 0 bridgehead atoms. The van der Waals surface area contributed by atoms with Crippen molar-refractivity contribution in [2.75, 3.05) is 6.61 Å². The smallest absolute Gasteiger partial charge is 0.0590 e. The van der Waals surface area contributed by atoms with Crippen LogP contribution in [0.2, 0.25) is 0 Å². The van der Waals surface area contributed by atoms with Gasteiger partial charge in [0.2, 0.25) is 0 Å². The summed E-state index contributed by atoms with van der Waals surface area (Å²) in [6.45, 7) is 0.911. The Morgan fingerprint density at radius 2 is 2.38 bits per heavy atom. The van der Waals surface area contributed by atoms with Crippen LogP contribution in [0.4, 0.5) is 0 Å². The highest BCUT2D eigenvalue weighted by atomic mass is 79.9. The molecule has 88 valence electrons. The first-order chi connectivity index (χ1) is 7.74. The Bertz CT molecular complexity index is 336. The van der Waals surface area contributed by atoms with Crippen molar-refractivity contribution in [2.24, 2.45) is 5.73 Å². The fourth-order valence-corrected chi connectivity index (χ4v) is 2.66. The summed E-state index contributed by atoms with van der Waals surface area (Å²) in [5, 5.41) is 0. The monoisotopic (exact) mass is 283 g/mol. The molecule has 2 unspecified atom stereocenters. The molecule has 1 fully saturated rings. The van der Waals surface area contributed by atoms with Crippen LogP contribution < -0.4 is 5.73 Å². The molecule has 2 nitrogen and oxygen atoms in total. The maximum atomic E-state index is 6.14. The summed E-state index contributed by atoms with van der Waals surface area (Å²) in [5.74, 6) is 0. The van der Waals surface area contributed by atoms with E-state index >= 15 is 0 Å². The number of rotatable bonds is 4. The van der Waals surface area contributed by atoms with Crippen molar-refractivity contribution in [1.29, 1.82) is 0 Å². The molecule has 0 radical (unpaired) electrons. The summed E-state index contributed by atoms with van der Waals surface area (Å²) in [6.07, 6.45) is 4.66. The molecule has 0 aromatic heterocycles. The maximum absolute atomic E-state index is 6.14. The van der Waals surface area contributed by atoms with Crippen LogP contribution in [0.1, 0.15) is 24.8 Å². The van der Waals surface area contributed by atoms with E-state index in [1.807, 2.05) is 6.07 Å². The maximum Gasteiger partial charge on any atom is 0.0590 e. The van der Waals surface area contributed by atoms with Crippen LogP contribution >= 0.6 is 15.9 Å². The van der Waals surface area contributed by atoms with Crippen molar-refractivity contribution in [1.82, 2.24) is 0 Å². The average molecular weight is 284 g/mol. The van der Waals surface area contributed by atoms with E-state index in [0.717, 1.165) is 23.9 Å². The first-order valence-electron chi connectivity index (χ1n) is 5.85. The zero-order chi connectivity index (χ0) is 11.4. The second-order valence-electron chi connectivity index (χ2n) is 4.46. The van der Waals surface area contributed by atoms with Gasteiger partial charge in [-0.05, 0) is 43.4 Å². The number of ether oxygens (including phenoxy) is 1. The standard InChI is InChI=1S/C13H18BrNO/c14-11-4-1-3-10(7-11)8-12(15)9-13-5-2-6-16-13/h1,3-4,7,12-13H,2,5-6,8-9,15H2. The fraction of sp³-hybridized carbons (Fsp3) is 0.538. The Hall–Kier alpha value is -0.380. The van der Waals surface area contributed by atoms with Gasteiger partial charge < -0.3 is 10.5 Å². The summed E-state index contributed by atoms with van der Waals surface area (Å²) < 4.78 is 6.72. The average Bonchev–Trinajstić information content (AvgIpc) is 2.70. The molecule has 2 rings (SSSR count). The molecule has 16 heavy (non-hydrogen) atoms. The highest BCUT2D eigenvalue weighted by molar-refractivity contribution is 9.10. The van der Waals surface area contributed by atoms with E-state index in [0.29, 0.717) is 6.10 Å². The third kappa shape index (κ3) is 3.58. The van der Waals surface area contributed by atoms with Gasteiger partial charge in [0.1, 0.15) is 0 Å². The summed E-state index contributed by atoms with van der Waals surface area (Å²) >= 11 is 3.47. The van der Waals surface area contributed by atoms with Crippen molar-refractivity contribution in [3.8, 4) is 0 Å². The third-order valence-corrected chi connectivity index (χ3v) is 3.47. The number of hydrogen-bond donors (Lipinski definition) is 1. The number of halogens is 1. The lowest BCUT2D eigenvalue weighted by atomic mass is 10.0. The van der Waals surface area contributed by atoms with Crippen LogP contribution in [-0.4, -0.2) is 18.8 Å². The molecular weight excluding hydrogens is 266 g/mol. The van der Waals surface area contributed by atoms with Gasteiger partial charge >= 0.3 is 0 Å². The van der Waals surface area contributed by atoms with Gasteiger partial charge in [0.05, 0.1) is 6.10 Å². The highest BCUT2D eigenvalue weighted by Crippen LogP contribution is 2.19. The molecule has 2 atom stereocenters. The van der Waals surface area contributed by atoms with Crippen molar-refractivity contribution in [3.05, 3.63) is 34.3 Å². The zero-order valence-electron chi connectivity index (χ0n) is 9.36. The Morgan fingerprint density at radius 1 is 1.50 bits per heavy atom. The van der Waals surface area contributed by atoms with E-state index in [1.54, 1.807) is 0 Å². The van der Waals surface area contributed by atoms with E-state index in [-0.39, 0.29) is 6.04 Å². The number of hydrogen-bond acceptors (Lipinski definition) is 2. The lowest BCUT2D eigenvalue weighted by molar-refractivity contribution is 0.0983. The molecule has 1 aromatic rings. The second kappa shape index (κ2) is 5.80. The largest absolute Gasteiger partial charge is 0.378 e. The van der Waals surface area contributed by atoms with Crippen LogP contribution in [0, 0.1) is 0 Å². The molecule has 1 aliphatic rings. The summed E-state index contributed by atoms with van der Waals surface area (Å²) in [7, 11) is 0. The van der Waals surface area contributed by atoms with Gasteiger partial charge in [0.25, 0.3) is 0 Å². The number of nitrogens with two attached hydrogens (primary N) is 1. The summed E-state index contributed by atoms with van der Waals surface area (Å²) in [4.78, 5) is 0. The quantitative estimate of drug-likeness (QED) is 0.922. The predicted molar refractivity (Wildman–Crippen MR) is 69.4 cm³/mol. The Labute approximate surface area is 105 Å². The molecule has 2 N–H and O–H groups in total. The Balaban J connectivity index is 1.84. The lowest BCUT2D eigenvalue weighted by Gasteiger charge is -2.16. The van der Waals surface area contributed by atoms with Crippen molar-refractivity contribution in [3.63, 3.8) is 0 Å². The highest BCUT2D eigenvalue weighted by Gasteiger charge is 2.18. The lowest BCUT2D eigenvalue weighted by Crippen LogP contribution is -2.28.